The van der Waals surface area contributed by atoms with E-state index in [-0.39, 0.29) is 0 Å². The molecule has 4 N–H and O–H groups in total. The predicted octanol–water partition coefficient (Wildman–Crippen LogP) is 6.87. The molecule has 0 amide bonds. The first-order valence-electron chi connectivity index (χ1n) is 11.5. The lowest BCUT2D eigenvalue weighted by Gasteiger charge is -2.07. The third-order valence-corrected chi connectivity index (χ3v) is 6.06. The van der Waals surface area contributed by atoms with Gasteiger partial charge >= 0.3 is 0 Å². The molecule has 0 aromatic heterocycles. The molecule has 0 atom stereocenters. The van der Waals surface area contributed by atoms with Gasteiger partial charge in [0.05, 0.1) is 0 Å². The summed E-state index contributed by atoms with van der Waals surface area (Å²) in [5, 5.41) is 0. The molecule has 4 rings (SSSR count). The summed E-state index contributed by atoms with van der Waals surface area (Å²) >= 11 is 0. The standard InChI is InChI=1S/C30H32N2/c31-29-19-11-25(12-20-29)5-1-3-23-7-15-27(16-8-23)28-17-9-24(10-18-28)4-2-6-26-13-21-30(32)22-14-26/h7-22H,1-6,31-32H2. The molecule has 0 heterocycles. The van der Waals surface area contributed by atoms with Crippen LogP contribution in [0.15, 0.2) is 97.1 Å². The second kappa shape index (κ2) is 10.7. The summed E-state index contributed by atoms with van der Waals surface area (Å²) in [6.07, 6.45) is 6.65. The van der Waals surface area contributed by atoms with Crippen molar-refractivity contribution in [2.45, 2.75) is 38.5 Å². The molecule has 0 spiro atoms. The normalized spacial score (nSPS) is 10.9. The van der Waals surface area contributed by atoms with Gasteiger partial charge in [-0.2, -0.15) is 0 Å². The first-order chi connectivity index (χ1) is 15.7. The molecule has 162 valence electrons. The molecule has 0 aliphatic rings. The molecule has 0 aliphatic carbocycles. The van der Waals surface area contributed by atoms with Crippen LogP contribution >= 0.6 is 0 Å². The van der Waals surface area contributed by atoms with Crippen LogP contribution in [0.25, 0.3) is 11.1 Å². The maximum atomic E-state index is 5.76. The van der Waals surface area contributed by atoms with Crippen LogP contribution in [0.4, 0.5) is 11.4 Å². The lowest BCUT2D eigenvalue weighted by molar-refractivity contribution is 0.820. The van der Waals surface area contributed by atoms with Gasteiger partial charge in [-0.15, -0.1) is 0 Å². The largest absolute Gasteiger partial charge is 0.399 e. The molecule has 2 heteroatoms. The van der Waals surface area contributed by atoms with Crippen LogP contribution in [0.1, 0.15) is 35.1 Å². The van der Waals surface area contributed by atoms with Crippen molar-refractivity contribution in [1.29, 1.82) is 0 Å². The van der Waals surface area contributed by atoms with E-state index in [1.807, 2.05) is 24.3 Å². The topological polar surface area (TPSA) is 52.0 Å². The van der Waals surface area contributed by atoms with E-state index in [9.17, 15) is 0 Å². The fourth-order valence-electron chi connectivity index (χ4n) is 4.09. The van der Waals surface area contributed by atoms with E-state index >= 15 is 0 Å². The Hall–Kier alpha value is -3.52. The highest BCUT2D eigenvalue weighted by Gasteiger charge is 2.01. The minimum Gasteiger partial charge on any atom is -0.399 e. The van der Waals surface area contributed by atoms with Gasteiger partial charge in [-0.25, -0.2) is 0 Å². The van der Waals surface area contributed by atoms with Crippen molar-refractivity contribution in [3.63, 3.8) is 0 Å². The van der Waals surface area contributed by atoms with E-state index in [2.05, 4.69) is 72.8 Å². The van der Waals surface area contributed by atoms with E-state index in [4.69, 9.17) is 11.5 Å². The highest BCUT2D eigenvalue weighted by molar-refractivity contribution is 5.64. The second-order valence-corrected chi connectivity index (χ2v) is 8.58. The second-order valence-electron chi connectivity index (χ2n) is 8.58. The van der Waals surface area contributed by atoms with E-state index in [0.717, 1.165) is 49.9 Å². The zero-order chi connectivity index (χ0) is 22.2. The summed E-state index contributed by atoms with van der Waals surface area (Å²) in [6.45, 7) is 0. The van der Waals surface area contributed by atoms with Gasteiger partial charge in [0.1, 0.15) is 0 Å². The number of rotatable bonds is 9. The first-order valence-corrected chi connectivity index (χ1v) is 11.5. The Kier molecular flexibility index (Phi) is 7.24. The molecule has 4 aromatic carbocycles. The van der Waals surface area contributed by atoms with Gasteiger partial charge in [-0.05, 0) is 96.2 Å². The number of aryl methyl sites for hydroxylation is 4. The van der Waals surface area contributed by atoms with E-state index in [0.29, 0.717) is 0 Å². The van der Waals surface area contributed by atoms with E-state index in [1.165, 1.54) is 33.4 Å². The van der Waals surface area contributed by atoms with Crippen molar-refractivity contribution in [2.75, 3.05) is 11.5 Å². The quantitative estimate of drug-likeness (QED) is 0.290. The van der Waals surface area contributed by atoms with Crippen molar-refractivity contribution in [2.24, 2.45) is 0 Å². The van der Waals surface area contributed by atoms with Crippen LogP contribution < -0.4 is 11.5 Å². The average molecular weight is 421 g/mol. The van der Waals surface area contributed by atoms with Crippen molar-refractivity contribution in [3.8, 4) is 11.1 Å². The van der Waals surface area contributed by atoms with Gasteiger partial charge < -0.3 is 11.5 Å². The molecule has 0 bridgehead atoms. The van der Waals surface area contributed by atoms with Gasteiger partial charge in [0.15, 0.2) is 0 Å². The summed E-state index contributed by atoms with van der Waals surface area (Å²) in [5.41, 5.74) is 21.2. The summed E-state index contributed by atoms with van der Waals surface area (Å²) < 4.78 is 0. The van der Waals surface area contributed by atoms with Crippen LogP contribution in [-0.2, 0) is 25.7 Å². The number of nitrogens with two attached hydrogens (primary N) is 2. The lowest BCUT2D eigenvalue weighted by Crippen LogP contribution is -1.92. The summed E-state index contributed by atoms with van der Waals surface area (Å²) in [6, 6.07) is 34.5. The Morgan fingerprint density at radius 1 is 0.344 bits per heavy atom. The molecule has 2 nitrogen and oxygen atoms in total. The number of hydrogen-bond acceptors (Lipinski definition) is 2. The van der Waals surface area contributed by atoms with Crippen LogP contribution in [0.2, 0.25) is 0 Å². The number of anilines is 2. The highest BCUT2D eigenvalue weighted by atomic mass is 14.5. The number of hydrogen-bond donors (Lipinski definition) is 2. The molecule has 0 saturated heterocycles. The zero-order valence-electron chi connectivity index (χ0n) is 18.6. The monoisotopic (exact) mass is 420 g/mol. The van der Waals surface area contributed by atoms with Crippen molar-refractivity contribution >= 4 is 11.4 Å². The molecule has 0 unspecified atom stereocenters. The third kappa shape index (κ3) is 6.24. The van der Waals surface area contributed by atoms with E-state index in [1.54, 1.807) is 0 Å². The SMILES string of the molecule is Nc1ccc(CCCc2ccc(-c3ccc(CCCc4ccc(N)cc4)cc3)cc2)cc1. The zero-order valence-corrected chi connectivity index (χ0v) is 18.6. The number of benzene rings is 4. The fourth-order valence-corrected chi connectivity index (χ4v) is 4.09. The number of nitrogen functional groups attached to an aromatic ring is 2. The van der Waals surface area contributed by atoms with Crippen LogP contribution in [0.3, 0.4) is 0 Å². The van der Waals surface area contributed by atoms with Crippen LogP contribution in [0, 0.1) is 0 Å². The van der Waals surface area contributed by atoms with Gasteiger partial charge in [-0.1, -0.05) is 72.8 Å². The lowest BCUT2D eigenvalue weighted by atomic mass is 9.98. The molecule has 0 aliphatic heterocycles. The van der Waals surface area contributed by atoms with Crippen molar-refractivity contribution < 1.29 is 0 Å². The smallest absolute Gasteiger partial charge is 0.0314 e. The minimum absolute atomic E-state index is 0.829. The molecule has 0 fully saturated rings. The van der Waals surface area contributed by atoms with Crippen LogP contribution in [-0.4, -0.2) is 0 Å². The van der Waals surface area contributed by atoms with Gasteiger partial charge in [0.2, 0.25) is 0 Å². The Balaban J connectivity index is 1.25. The minimum atomic E-state index is 0.829. The van der Waals surface area contributed by atoms with Crippen molar-refractivity contribution in [3.05, 3.63) is 119 Å². The average Bonchev–Trinajstić information content (AvgIpc) is 2.83. The summed E-state index contributed by atoms with van der Waals surface area (Å²) in [5.74, 6) is 0. The Morgan fingerprint density at radius 3 is 0.875 bits per heavy atom. The fraction of sp³-hybridized carbons (Fsp3) is 0.200. The maximum Gasteiger partial charge on any atom is 0.0314 e. The Bertz CT molecular complexity index is 1000. The molecular weight excluding hydrogens is 388 g/mol. The maximum absolute atomic E-state index is 5.76. The molecule has 0 radical (unpaired) electrons. The molecule has 4 aromatic rings. The van der Waals surface area contributed by atoms with E-state index < -0.39 is 0 Å². The Morgan fingerprint density at radius 2 is 0.594 bits per heavy atom. The third-order valence-electron chi connectivity index (χ3n) is 6.06. The Labute approximate surface area is 191 Å². The highest BCUT2D eigenvalue weighted by Crippen LogP contribution is 2.22. The van der Waals surface area contributed by atoms with Gasteiger partial charge in [0.25, 0.3) is 0 Å². The van der Waals surface area contributed by atoms with Crippen LogP contribution in [0.5, 0.6) is 0 Å². The summed E-state index contributed by atoms with van der Waals surface area (Å²) in [4.78, 5) is 0. The predicted molar refractivity (Wildman–Crippen MR) is 138 cm³/mol. The van der Waals surface area contributed by atoms with Crippen molar-refractivity contribution in [1.82, 2.24) is 0 Å². The molecular formula is C30H32N2. The molecule has 0 saturated carbocycles. The molecule has 32 heavy (non-hydrogen) atoms. The van der Waals surface area contributed by atoms with Gasteiger partial charge in [-0.3, -0.25) is 0 Å². The first kappa shape index (κ1) is 21.7. The van der Waals surface area contributed by atoms with Gasteiger partial charge in [0, 0.05) is 11.4 Å². The summed E-state index contributed by atoms with van der Waals surface area (Å²) in [7, 11) is 0.